The lowest BCUT2D eigenvalue weighted by molar-refractivity contribution is -0.122. The Bertz CT molecular complexity index is 480. The number of halogens is 2. The number of nitrogens with two attached hydrogens (primary N) is 1. The first-order valence-electron chi connectivity index (χ1n) is 6.26. The van der Waals surface area contributed by atoms with Crippen molar-refractivity contribution in [2.45, 2.75) is 26.0 Å². The Balaban J connectivity index is 2.35. The molecule has 0 aliphatic carbocycles. The maximum absolute atomic E-state index is 12.0. The Morgan fingerprint density at radius 2 is 1.90 bits per heavy atom. The van der Waals surface area contributed by atoms with Crippen molar-refractivity contribution in [3.63, 3.8) is 0 Å². The Hall–Kier alpha value is -2.38. The van der Waals surface area contributed by atoms with Crippen molar-refractivity contribution in [3.05, 3.63) is 29.8 Å². The highest BCUT2D eigenvalue weighted by molar-refractivity contribution is 5.86. The highest BCUT2D eigenvalue weighted by Crippen LogP contribution is 2.14. The molecule has 8 heteroatoms. The third-order valence-corrected chi connectivity index (χ3v) is 2.61. The summed E-state index contributed by atoms with van der Waals surface area (Å²) in [4.78, 5) is 22.1. The molecule has 1 aromatic carbocycles. The SMILES string of the molecule is CC(NC(N)=O)C(=O)NCCc1ccc(OC(F)F)cc1. The standard InChI is InChI=1S/C13H17F2N3O3/c1-8(18-13(16)20)11(19)17-7-6-9-2-4-10(5-3-9)21-12(14)15/h2-5,8,12H,6-7H2,1H3,(H,17,19)(H3,16,18,20). The molecule has 0 fully saturated rings. The van der Waals surface area contributed by atoms with E-state index in [4.69, 9.17) is 5.73 Å². The van der Waals surface area contributed by atoms with Crippen LogP contribution in [0.1, 0.15) is 12.5 Å². The molecule has 1 rings (SSSR count). The molecule has 0 radical (unpaired) electrons. The first-order chi connectivity index (χ1) is 9.88. The predicted octanol–water partition coefficient (Wildman–Crippen LogP) is 1.00. The van der Waals surface area contributed by atoms with Gasteiger partial charge in [-0.05, 0) is 31.0 Å². The summed E-state index contributed by atoms with van der Waals surface area (Å²) < 4.78 is 28.2. The van der Waals surface area contributed by atoms with Crippen LogP contribution in [0.5, 0.6) is 5.75 Å². The zero-order valence-corrected chi connectivity index (χ0v) is 11.4. The van der Waals surface area contributed by atoms with Crippen LogP contribution in [-0.2, 0) is 11.2 Å². The second-order valence-electron chi connectivity index (χ2n) is 4.29. The first kappa shape index (κ1) is 16.7. The Morgan fingerprint density at radius 1 is 1.29 bits per heavy atom. The number of carbonyl (C=O) groups excluding carboxylic acids is 2. The average molecular weight is 301 g/mol. The van der Waals surface area contributed by atoms with E-state index in [0.717, 1.165) is 5.56 Å². The fraction of sp³-hybridized carbons (Fsp3) is 0.385. The summed E-state index contributed by atoms with van der Waals surface area (Å²) in [6.45, 7) is -0.996. The Kier molecular flexibility index (Phi) is 6.38. The van der Waals surface area contributed by atoms with Crippen LogP contribution >= 0.6 is 0 Å². The predicted molar refractivity (Wildman–Crippen MR) is 72.0 cm³/mol. The topological polar surface area (TPSA) is 93.5 Å². The summed E-state index contributed by atoms with van der Waals surface area (Å²) in [6, 6.07) is 4.64. The van der Waals surface area contributed by atoms with Crippen molar-refractivity contribution in [2.75, 3.05) is 6.54 Å². The van der Waals surface area contributed by atoms with E-state index in [0.29, 0.717) is 13.0 Å². The normalized spacial score (nSPS) is 11.8. The summed E-state index contributed by atoms with van der Waals surface area (Å²) in [5.41, 5.74) is 5.76. The number of urea groups is 1. The number of ether oxygens (including phenoxy) is 1. The van der Waals surface area contributed by atoms with Gasteiger partial charge in [-0.25, -0.2) is 4.79 Å². The summed E-state index contributed by atoms with van der Waals surface area (Å²) >= 11 is 0. The fourth-order valence-corrected chi connectivity index (χ4v) is 1.60. The van der Waals surface area contributed by atoms with Gasteiger partial charge in [-0.2, -0.15) is 8.78 Å². The molecule has 1 atom stereocenters. The number of alkyl halides is 2. The van der Waals surface area contributed by atoms with E-state index >= 15 is 0 Å². The van der Waals surface area contributed by atoms with Gasteiger partial charge in [0.1, 0.15) is 11.8 Å². The molecule has 0 spiro atoms. The summed E-state index contributed by atoms with van der Waals surface area (Å²) in [5.74, 6) is -0.275. The van der Waals surface area contributed by atoms with E-state index in [9.17, 15) is 18.4 Å². The number of hydrogen-bond acceptors (Lipinski definition) is 3. The number of nitrogens with one attached hydrogen (secondary N) is 2. The van der Waals surface area contributed by atoms with Gasteiger partial charge >= 0.3 is 12.6 Å². The van der Waals surface area contributed by atoms with E-state index < -0.39 is 18.7 Å². The second-order valence-corrected chi connectivity index (χ2v) is 4.29. The summed E-state index contributed by atoms with van der Waals surface area (Å²) in [6.07, 6.45) is 0.518. The van der Waals surface area contributed by atoms with Crippen LogP contribution in [0.2, 0.25) is 0 Å². The van der Waals surface area contributed by atoms with Crippen LogP contribution in [0.25, 0.3) is 0 Å². The minimum Gasteiger partial charge on any atom is -0.435 e. The minimum atomic E-state index is -2.85. The van der Waals surface area contributed by atoms with Crippen molar-refractivity contribution in [3.8, 4) is 5.75 Å². The maximum atomic E-state index is 12.0. The highest BCUT2D eigenvalue weighted by Gasteiger charge is 2.12. The van der Waals surface area contributed by atoms with Gasteiger partial charge in [0, 0.05) is 6.54 Å². The van der Waals surface area contributed by atoms with Gasteiger partial charge in [-0.15, -0.1) is 0 Å². The smallest absolute Gasteiger partial charge is 0.387 e. The lowest BCUT2D eigenvalue weighted by Gasteiger charge is -2.12. The van der Waals surface area contributed by atoms with Gasteiger partial charge < -0.3 is 21.1 Å². The van der Waals surface area contributed by atoms with Crippen LogP contribution in [0, 0.1) is 0 Å². The fourth-order valence-electron chi connectivity index (χ4n) is 1.60. The van der Waals surface area contributed by atoms with Crippen molar-refractivity contribution >= 4 is 11.9 Å². The molecule has 0 bridgehead atoms. The van der Waals surface area contributed by atoms with Gasteiger partial charge in [-0.1, -0.05) is 12.1 Å². The number of primary amides is 1. The van der Waals surface area contributed by atoms with Crippen LogP contribution < -0.4 is 21.1 Å². The molecule has 0 aromatic heterocycles. The Morgan fingerprint density at radius 3 is 2.43 bits per heavy atom. The van der Waals surface area contributed by atoms with E-state index in [-0.39, 0.29) is 11.7 Å². The average Bonchev–Trinajstić information content (AvgIpc) is 2.39. The molecule has 4 N–H and O–H groups in total. The zero-order chi connectivity index (χ0) is 15.8. The van der Waals surface area contributed by atoms with Gasteiger partial charge in [0.2, 0.25) is 5.91 Å². The highest BCUT2D eigenvalue weighted by atomic mass is 19.3. The summed E-state index contributed by atoms with van der Waals surface area (Å²) in [5, 5.41) is 4.88. The molecule has 1 aromatic rings. The molecule has 21 heavy (non-hydrogen) atoms. The zero-order valence-electron chi connectivity index (χ0n) is 11.4. The van der Waals surface area contributed by atoms with E-state index in [1.807, 2.05) is 0 Å². The van der Waals surface area contributed by atoms with E-state index in [2.05, 4.69) is 15.4 Å². The van der Waals surface area contributed by atoms with Gasteiger partial charge in [0.05, 0.1) is 0 Å². The van der Waals surface area contributed by atoms with Gasteiger partial charge in [0.15, 0.2) is 0 Å². The lowest BCUT2D eigenvalue weighted by atomic mass is 10.1. The molecule has 0 heterocycles. The molecule has 0 saturated heterocycles. The number of carbonyl (C=O) groups is 2. The van der Waals surface area contributed by atoms with Gasteiger partial charge in [0.25, 0.3) is 0 Å². The van der Waals surface area contributed by atoms with Crippen LogP contribution in [0.3, 0.4) is 0 Å². The molecular weight excluding hydrogens is 284 g/mol. The lowest BCUT2D eigenvalue weighted by Crippen LogP contribution is -2.47. The second kappa shape index (κ2) is 8.03. The summed E-state index contributed by atoms with van der Waals surface area (Å²) in [7, 11) is 0. The molecule has 0 saturated carbocycles. The third-order valence-electron chi connectivity index (χ3n) is 2.61. The largest absolute Gasteiger partial charge is 0.435 e. The number of amides is 3. The molecule has 6 nitrogen and oxygen atoms in total. The van der Waals surface area contributed by atoms with Crippen molar-refractivity contribution in [1.29, 1.82) is 0 Å². The number of rotatable bonds is 7. The van der Waals surface area contributed by atoms with E-state index in [1.54, 1.807) is 12.1 Å². The molecule has 1 unspecified atom stereocenters. The molecule has 0 aliphatic rings. The van der Waals surface area contributed by atoms with E-state index in [1.165, 1.54) is 19.1 Å². The monoisotopic (exact) mass is 301 g/mol. The quantitative estimate of drug-likeness (QED) is 0.701. The van der Waals surface area contributed by atoms with Gasteiger partial charge in [-0.3, -0.25) is 4.79 Å². The van der Waals surface area contributed by atoms with Crippen LogP contribution in [0.4, 0.5) is 13.6 Å². The first-order valence-corrected chi connectivity index (χ1v) is 6.26. The van der Waals surface area contributed by atoms with Crippen molar-refractivity contribution in [1.82, 2.24) is 10.6 Å². The van der Waals surface area contributed by atoms with Crippen molar-refractivity contribution in [2.24, 2.45) is 5.73 Å². The number of benzene rings is 1. The molecule has 0 aliphatic heterocycles. The minimum absolute atomic E-state index is 0.0806. The molecule has 3 amide bonds. The Labute approximate surface area is 120 Å². The van der Waals surface area contributed by atoms with Crippen LogP contribution in [0.15, 0.2) is 24.3 Å². The molecular formula is C13H17F2N3O3. The third kappa shape index (κ3) is 6.55. The molecule has 116 valence electrons. The van der Waals surface area contributed by atoms with Crippen molar-refractivity contribution < 1.29 is 23.1 Å². The maximum Gasteiger partial charge on any atom is 0.387 e. The van der Waals surface area contributed by atoms with Crippen LogP contribution in [-0.4, -0.2) is 31.1 Å². The number of hydrogen-bond donors (Lipinski definition) is 3.